The van der Waals surface area contributed by atoms with Gasteiger partial charge in [-0.15, -0.1) is 11.3 Å². The van der Waals surface area contributed by atoms with E-state index in [4.69, 9.17) is 16.7 Å². The van der Waals surface area contributed by atoms with Gasteiger partial charge in [-0.3, -0.25) is 4.79 Å². The summed E-state index contributed by atoms with van der Waals surface area (Å²) in [4.78, 5) is 24.8. The lowest BCUT2D eigenvalue weighted by Gasteiger charge is -2.05. The Morgan fingerprint density at radius 1 is 1.29 bits per heavy atom. The van der Waals surface area contributed by atoms with Gasteiger partial charge < -0.3 is 10.4 Å². The Balaban J connectivity index is 2.10. The van der Waals surface area contributed by atoms with Crippen molar-refractivity contribution >= 4 is 46.6 Å². The van der Waals surface area contributed by atoms with Crippen molar-refractivity contribution in [1.82, 2.24) is 0 Å². The predicted octanol–water partition coefficient (Wildman–Crippen LogP) is 4.06. The monoisotopic (exact) mass is 321 g/mol. The molecule has 0 unspecified atom stereocenters. The molecule has 0 bridgehead atoms. The molecule has 1 amide bonds. The van der Waals surface area contributed by atoms with E-state index in [0.717, 1.165) is 9.75 Å². The molecule has 0 saturated heterocycles. The summed E-state index contributed by atoms with van der Waals surface area (Å²) >= 11 is 7.51. The Morgan fingerprint density at radius 2 is 2.05 bits per heavy atom. The molecule has 1 aromatic heterocycles. The smallest absolute Gasteiger partial charge is 0.335 e. The van der Waals surface area contributed by atoms with Crippen LogP contribution in [-0.2, 0) is 4.79 Å². The summed E-state index contributed by atoms with van der Waals surface area (Å²) in [7, 11) is 0. The third kappa shape index (κ3) is 4.18. The van der Waals surface area contributed by atoms with Gasteiger partial charge in [0, 0.05) is 15.8 Å². The highest BCUT2D eigenvalue weighted by Gasteiger charge is 2.08. The van der Waals surface area contributed by atoms with E-state index in [1.54, 1.807) is 17.4 Å². The summed E-state index contributed by atoms with van der Waals surface area (Å²) in [6.07, 6.45) is 3.08. The number of nitrogens with one attached hydrogen (secondary N) is 1. The fraction of sp³-hybridized carbons (Fsp3) is 0.0667. The molecule has 0 aliphatic heterocycles. The third-order valence-electron chi connectivity index (χ3n) is 2.63. The SMILES string of the molecule is Cc1ccc(/C=C/C(=O)Nc2cc(C(=O)O)ccc2Cl)s1. The highest BCUT2D eigenvalue weighted by atomic mass is 35.5. The van der Waals surface area contributed by atoms with Crippen LogP contribution < -0.4 is 5.32 Å². The number of benzene rings is 1. The van der Waals surface area contributed by atoms with E-state index in [9.17, 15) is 9.59 Å². The number of anilines is 1. The van der Waals surface area contributed by atoms with Crippen molar-refractivity contribution in [3.8, 4) is 0 Å². The van der Waals surface area contributed by atoms with Crippen molar-refractivity contribution in [3.05, 3.63) is 56.7 Å². The third-order valence-corrected chi connectivity index (χ3v) is 3.93. The number of hydrogen-bond donors (Lipinski definition) is 2. The molecule has 2 N–H and O–H groups in total. The van der Waals surface area contributed by atoms with E-state index in [0.29, 0.717) is 0 Å². The number of carbonyl (C=O) groups is 2. The van der Waals surface area contributed by atoms with E-state index in [1.165, 1.54) is 24.3 Å². The Hall–Kier alpha value is -2.11. The molecule has 0 aliphatic carbocycles. The number of thiophene rings is 1. The zero-order valence-electron chi connectivity index (χ0n) is 11.1. The number of carboxylic acid groups (broad SMARTS) is 1. The van der Waals surface area contributed by atoms with Crippen molar-refractivity contribution in [2.75, 3.05) is 5.32 Å². The maximum Gasteiger partial charge on any atom is 0.335 e. The van der Waals surface area contributed by atoms with Gasteiger partial charge in [-0.1, -0.05) is 11.6 Å². The highest BCUT2D eigenvalue weighted by molar-refractivity contribution is 7.12. The normalized spacial score (nSPS) is 10.8. The number of rotatable bonds is 4. The first-order valence-corrected chi connectivity index (χ1v) is 7.23. The number of aromatic carboxylic acids is 1. The van der Waals surface area contributed by atoms with Crippen LogP contribution in [0.15, 0.2) is 36.4 Å². The molecule has 0 atom stereocenters. The Bertz CT molecular complexity index is 721. The summed E-state index contributed by atoms with van der Waals surface area (Å²) in [6.45, 7) is 1.99. The molecule has 1 heterocycles. The van der Waals surface area contributed by atoms with Crippen LogP contribution in [0, 0.1) is 6.92 Å². The highest BCUT2D eigenvalue weighted by Crippen LogP contribution is 2.23. The van der Waals surface area contributed by atoms with Gasteiger partial charge in [-0.25, -0.2) is 4.79 Å². The van der Waals surface area contributed by atoms with Gasteiger partial charge in [0.25, 0.3) is 0 Å². The molecular formula is C15H12ClNO3S. The minimum atomic E-state index is -1.08. The number of halogens is 1. The van der Waals surface area contributed by atoms with Gasteiger partial charge in [-0.2, -0.15) is 0 Å². The van der Waals surface area contributed by atoms with E-state index < -0.39 is 5.97 Å². The predicted molar refractivity (Wildman–Crippen MR) is 85.1 cm³/mol. The van der Waals surface area contributed by atoms with Crippen LogP contribution in [0.2, 0.25) is 5.02 Å². The summed E-state index contributed by atoms with van der Waals surface area (Å²) in [5.74, 6) is -1.45. The van der Waals surface area contributed by atoms with E-state index in [2.05, 4.69) is 5.32 Å². The van der Waals surface area contributed by atoms with Gasteiger partial charge in [0.05, 0.1) is 16.3 Å². The van der Waals surface area contributed by atoms with Crippen molar-refractivity contribution in [2.45, 2.75) is 6.92 Å². The molecule has 0 fully saturated rings. The molecule has 4 nitrogen and oxygen atoms in total. The molecule has 0 radical (unpaired) electrons. The average molecular weight is 322 g/mol. The summed E-state index contributed by atoms with van der Waals surface area (Å²) < 4.78 is 0. The fourth-order valence-corrected chi connectivity index (χ4v) is 2.57. The van der Waals surface area contributed by atoms with Gasteiger partial charge in [0.15, 0.2) is 0 Å². The fourth-order valence-electron chi connectivity index (χ4n) is 1.63. The molecular weight excluding hydrogens is 310 g/mol. The molecule has 1 aromatic carbocycles. The molecule has 6 heteroatoms. The zero-order chi connectivity index (χ0) is 15.4. The maximum absolute atomic E-state index is 11.8. The van der Waals surface area contributed by atoms with Crippen LogP contribution >= 0.6 is 22.9 Å². The second kappa shape index (κ2) is 6.56. The number of carbonyl (C=O) groups excluding carboxylic acids is 1. The lowest BCUT2D eigenvalue weighted by Crippen LogP contribution is -2.09. The van der Waals surface area contributed by atoms with Crippen LogP contribution in [0.1, 0.15) is 20.1 Å². The quantitative estimate of drug-likeness (QED) is 0.834. The first kappa shape index (κ1) is 15.3. The topological polar surface area (TPSA) is 66.4 Å². The molecule has 0 spiro atoms. The van der Waals surface area contributed by atoms with Gasteiger partial charge in [-0.05, 0) is 43.3 Å². The standard InChI is InChI=1S/C15H12ClNO3S/c1-9-2-4-11(21-9)5-7-14(18)17-13-8-10(15(19)20)3-6-12(13)16/h2-8H,1H3,(H,17,18)(H,19,20)/b7-5+. The van der Waals surface area contributed by atoms with E-state index in [-0.39, 0.29) is 22.2 Å². The van der Waals surface area contributed by atoms with Crippen molar-refractivity contribution in [2.24, 2.45) is 0 Å². The van der Waals surface area contributed by atoms with Gasteiger partial charge >= 0.3 is 5.97 Å². The second-order valence-corrected chi connectivity index (χ2v) is 6.00. The lowest BCUT2D eigenvalue weighted by molar-refractivity contribution is -0.111. The Kier molecular flexibility index (Phi) is 4.77. The second-order valence-electron chi connectivity index (χ2n) is 4.27. The molecule has 2 aromatic rings. The maximum atomic E-state index is 11.8. The summed E-state index contributed by atoms with van der Waals surface area (Å²) in [5, 5.41) is 11.8. The molecule has 2 rings (SSSR count). The minimum Gasteiger partial charge on any atom is -0.478 e. The van der Waals surface area contributed by atoms with Crippen LogP contribution in [0.25, 0.3) is 6.08 Å². The lowest BCUT2D eigenvalue weighted by atomic mass is 10.2. The first-order valence-electron chi connectivity index (χ1n) is 6.04. The molecule has 21 heavy (non-hydrogen) atoms. The summed E-state index contributed by atoms with van der Waals surface area (Å²) in [5.41, 5.74) is 0.334. The molecule has 0 aliphatic rings. The summed E-state index contributed by atoms with van der Waals surface area (Å²) in [6, 6.07) is 8.03. The van der Waals surface area contributed by atoms with Crippen molar-refractivity contribution in [1.29, 1.82) is 0 Å². The Morgan fingerprint density at radius 3 is 2.67 bits per heavy atom. The van der Waals surface area contributed by atoms with E-state index >= 15 is 0 Å². The number of aryl methyl sites for hydroxylation is 1. The minimum absolute atomic E-state index is 0.0626. The van der Waals surface area contributed by atoms with Crippen LogP contribution in [0.3, 0.4) is 0 Å². The number of amides is 1. The van der Waals surface area contributed by atoms with Crippen LogP contribution in [0.4, 0.5) is 5.69 Å². The average Bonchev–Trinajstić information content (AvgIpc) is 2.84. The number of carboxylic acids is 1. The largest absolute Gasteiger partial charge is 0.478 e. The first-order chi connectivity index (χ1) is 9.95. The molecule has 0 saturated carbocycles. The van der Waals surface area contributed by atoms with Crippen LogP contribution in [0.5, 0.6) is 0 Å². The van der Waals surface area contributed by atoms with Crippen molar-refractivity contribution < 1.29 is 14.7 Å². The van der Waals surface area contributed by atoms with E-state index in [1.807, 2.05) is 19.1 Å². The zero-order valence-corrected chi connectivity index (χ0v) is 12.7. The van der Waals surface area contributed by atoms with Gasteiger partial charge in [0.1, 0.15) is 0 Å². The van der Waals surface area contributed by atoms with Gasteiger partial charge in [0.2, 0.25) is 5.91 Å². The number of hydrogen-bond acceptors (Lipinski definition) is 3. The Labute approximate surface area is 130 Å². The van der Waals surface area contributed by atoms with Crippen molar-refractivity contribution in [3.63, 3.8) is 0 Å². The van der Waals surface area contributed by atoms with Crippen LogP contribution in [-0.4, -0.2) is 17.0 Å². The molecule has 108 valence electrons.